The average molecular weight is 337 g/mol. The molecule has 1 aromatic carbocycles. The number of aromatic nitrogens is 5. The molecule has 0 N–H and O–H groups in total. The highest BCUT2D eigenvalue weighted by atomic mass is 16.5. The molecule has 0 spiro atoms. The van der Waals surface area contributed by atoms with Gasteiger partial charge in [-0.2, -0.15) is 5.10 Å². The second kappa shape index (κ2) is 5.84. The Morgan fingerprint density at radius 3 is 2.88 bits per heavy atom. The molecule has 0 aliphatic carbocycles. The third-order valence-corrected chi connectivity index (χ3v) is 4.28. The number of rotatable bonds is 3. The highest BCUT2D eigenvalue weighted by Gasteiger charge is 2.22. The summed E-state index contributed by atoms with van der Waals surface area (Å²) in [5, 5.41) is 4.29. The van der Waals surface area contributed by atoms with Crippen molar-refractivity contribution in [3.05, 3.63) is 36.3 Å². The van der Waals surface area contributed by atoms with Crippen LogP contribution in [-0.4, -0.2) is 36.7 Å². The molecule has 2 aromatic heterocycles. The van der Waals surface area contributed by atoms with Crippen LogP contribution in [0.15, 0.2) is 30.7 Å². The summed E-state index contributed by atoms with van der Waals surface area (Å²) in [5.74, 6) is 2.28. The van der Waals surface area contributed by atoms with E-state index in [9.17, 15) is 4.79 Å². The van der Waals surface area contributed by atoms with Crippen LogP contribution in [-0.2, 0) is 6.54 Å². The Bertz CT molecular complexity index is 954. The van der Waals surface area contributed by atoms with Crippen molar-refractivity contribution in [3.63, 3.8) is 0 Å². The van der Waals surface area contributed by atoms with Crippen LogP contribution in [0.25, 0.3) is 22.9 Å². The molecule has 3 heterocycles. The predicted molar refractivity (Wildman–Crippen MR) is 92.6 cm³/mol. The van der Waals surface area contributed by atoms with Crippen molar-refractivity contribution in [1.29, 1.82) is 0 Å². The fraction of sp³-hybridized carbons (Fsp3) is 0.333. The van der Waals surface area contributed by atoms with Gasteiger partial charge >= 0.3 is 0 Å². The van der Waals surface area contributed by atoms with Crippen LogP contribution in [0.1, 0.15) is 37.2 Å². The normalized spacial score (nSPS) is 13.1. The Morgan fingerprint density at radius 1 is 1.28 bits per heavy atom. The lowest BCUT2D eigenvalue weighted by atomic mass is 10.1. The lowest BCUT2D eigenvalue weighted by molar-refractivity contribution is 0.101. The van der Waals surface area contributed by atoms with Gasteiger partial charge < -0.3 is 9.30 Å². The molecule has 0 unspecified atom stereocenters. The molecule has 0 bridgehead atoms. The van der Waals surface area contributed by atoms with Crippen molar-refractivity contribution in [2.45, 2.75) is 33.4 Å². The summed E-state index contributed by atoms with van der Waals surface area (Å²) in [6.45, 7) is 6.90. The minimum atomic E-state index is 0.0185. The summed E-state index contributed by atoms with van der Waals surface area (Å²) in [6, 6.07) is 5.67. The van der Waals surface area contributed by atoms with Gasteiger partial charge in [0.25, 0.3) is 0 Å². The smallest absolute Gasteiger partial charge is 0.178 e. The fourth-order valence-electron chi connectivity index (χ4n) is 3.02. The molecule has 0 amide bonds. The number of ether oxygens (including phenoxy) is 1. The van der Waals surface area contributed by atoms with Crippen LogP contribution in [0, 0.1) is 0 Å². The average Bonchev–Trinajstić information content (AvgIpc) is 3.18. The first-order valence-electron chi connectivity index (χ1n) is 8.30. The zero-order valence-corrected chi connectivity index (χ0v) is 14.4. The lowest BCUT2D eigenvalue weighted by Crippen LogP contribution is -2.06. The third-order valence-electron chi connectivity index (χ3n) is 4.28. The van der Waals surface area contributed by atoms with Gasteiger partial charge in [0.15, 0.2) is 11.6 Å². The number of Topliss-reactive ketones (excluding diaryl/α,β-unsaturated/α-hetero) is 1. The maximum absolute atomic E-state index is 11.8. The van der Waals surface area contributed by atoms with E-state index in [1.165, 1.54) is 0 Å². The fourth-order valence-corrected chi connectivity index (χ4v) is 3.02. The molecule has 0 fully saturated rings. The SMILES string of the molecule is CC(=O)c1ccc2c(c1)-c1nc(-c3ncnn3C(C)C)cn1CCO2. The Kier molecular flexibility index (Phi) is 3.63. The van der Waals surface area contributed by atoms with Crippen LogP contribution in [0.4, 0.5) is 0 Å². The summed E-state index contributed by atoms with van der Waals surface area (Å²) >= 11 is 0. The zero-order chi connectivity index (χ0) is 17.6. The predicted octanol–water partition coefficient (Wildman–Crippen LogP) is 2.98. The number of nitrogens with zero attached hydrogens (tertiary/aromatic N) is 5. The first-order chi connectivity index (χ1) is 12.0. The Labute approximate surface area is 145 Å². The van der Waals surface area contributed by atoms with Gasteiger partial charge in [0.05, 0.1) is 12.1 Å². The van der Waals surface area contributed by atoms with Gasteiger partial charge in [-0.3, -0.25) is 4.79 Å². The van der Waals surface area contributed by atoms with E-state index in [-0.39, 0.29) is 11.8 Å². The minimum absolute atomic E-state index is 0.0185. The van der Waals surface area contributed by atoms with Crippen LogP contribution < -0.4 is 4.74 Å². The zero-order valence-electron chi connectivity index (χ0n) is 14.4. The number of ketones is 1. The van der Waals surface area contributed by atoms with Gasteiger partial charge in [-0.25, -0.2) is 14.6 Å². The Morgan fingerprint density at radius 2 is 2.12 bits per heavy atom. The largest absolute Gasteiger partial charge is 0.491 e. The van der Waals surface area contributed by atoms with Crippen molar-refractivity contribution >= 4 is 5.78 Å². The minimum Gasteiger partial charge on any atom is -0.491 e. The van der Waals surface area contributed by atoms with Crippen molar-refractivity contribution < 1.29 is 9.53 Å². The van der Waals surface area contributed by atoms with Gasteiger partial charge in [0, 0.05) is 17.8 Å². The van der Waals surface area contributed by atoms with Gasteiger partial charge in [-0.15, -0.1) is 0 Å². The third kappa shape index (κ3) is 2.61. The molecule has 25 heavy (non-hydrogen) atoms. The van der Waals surface area contributed by atoms with Crippen LogP contribution >= 0.6 is 0 Å². The van der Waals surface area contributed by atoms with E-state index in [4.69, 9.17) is 9.72 Å². The molecule has 1 aliphatic heterocycles. The number of carbonyl (C=O) groups excluding carboxylic acids is 1. The molecule has 7 nitrogen and oxygen atoms in total. The summed E-state index contributed by atoms with van der Waals surface area (Å²) in [4.78, 5) is 20.9. The van der Waals surface area contributed by atoms with E-state index in [0.29, 0.717) is 18.7 Å². The van der Waals surface area contributed by atoms with Gasteiger partial charge in [0.2, 0.25) is 0 Å². The van der Waals surface area contributed by atoms with E-state index in [0.717, 1.165) is 28.7 Å². The van der Waals surface area contributed by atoms with Crippen molar-refractivity contribution in [2.24, 2.45) is 0 Å². The first kappa shape index (κ1) is 15.6. The molecule has 0 saturated heterocycles. The first-order valence-corrected chi connectivity index (χ1v) is 8.30. The molecule has 3 aromatic rings. The lowest BCUT2D eigenvalue weighted by Gasteiger charge is -2.08. The van der Waals surface area contributed by atoms with E-state index in [2.05, 4.69) is 23.9 Å². The summed E-state index contributed by atoms with van der Waals surface area (Å²) < 4.78 is 9.71. The quantitative estimate of drug-likeness (QED) is 0.687. The second-order valence-electron chi connectivity index (χ2n) is 6.38. The van der Waals surface area contributed by atoms with E-state index in [1.807, 2.05) is 27.6 Å². The van der Waals surface area contributed by atoms with Crippen molar-refractivity contribution in [1.82, 2.24) is 24.3 Å². The monoisotopic (exact) mass is 337 g/mol. The standard InChI is InChI=1S/C18H19N5O2/c1-11(2)23-18(19-10-20-23)15-9-22-6-7-25-16-5-4-13(12(3)24)8-14(16)17(22)21-15/h4-5,8-11H,6-7H2,1-3H3. The van der Waals surface area contributed by atoms with E-state index < -0.39 is 0 Å². The maximum atomic E-state index is 11.8. The Balaban J connectivity index is 1.87. The molecule has 4 rings (SSSR count). The molecule has 7 heteroatoms. The molecular formula is C18H19N5O2. The number of hydrogen-bond acceptors (Lipinski definition) is 5. The number of fused-ring (bicyclic) bond motifs is 3. The molecule has 0 radical (unpaired) electrons. The highest BCUT2D eigenvalue weighted by molar-refractivity contribution is 5.95. The highest BCUT2D eigenvalue weighted by Crippen LogP contribution is 2.34. The van der Waals surface area contributed by atoms with Crippen LogP contribution in [0.2, 0.25) is 0 Å². The number of imidazole rings is 1. The van der Waals surface area contributed by atoms with Gasteiger partial charge in [-0.05, 0) is 39.0 Å². The van der Waals surface area contributed by atoms with Gasteiger partial charge in [0.1, 0.15) is 30.2 Å². The van der Waals surface area contributed by atoms with E-state index >= 15 is 0 Å². The molecule has 0 saturated carbocycles. The molecule has 0 atom stereocenters. The number of benzene rings is 1. The summed E-state index contributed by atoms with van der Waals surface area (Å²) in [7, 11) is 0. The van der Waals surface area contributed by atoms with Crippen molar-refractivity contribution in [3.8, 4) is 28.7 Å². The number of hydrogen-bond donors (Lipinski definition) is 0. The van der Waals surface area contributed by atoms with Crippen LogP contribution in [0.5, 0.6) is 5.75 Å². The topological polar surface area (TPSA) is 74.8 Å². The Hall–Kier alpha value is -2.96. The molecule has 1 aliphatic rings. The molecular weight excluding hydrogens is 318 g/mol. The second-order valence-corrected chi connectivity index (χ2v) is 6.38. The van der Waals surface area contributed by atoms with Crippen LogP contribution in [0.3, 0.4) is 0 Å². The van der Waals surface area contributed by atoms with Crippen molar-refractivity contribution in [2.75, 3.05) is 6.61 Å². The summed E-state index contributed by atoms with van der Waals surface area (Å²) in [6.07, 6.45) is 3.52. The maximum Gasteiger partial charge on any atom is 0.178 e. The van der Waals surface area contributed by atoms with Gasteiger partial charge in [-0.1, -0.05) is 0 Å². The summed E-state index contributed by atoms with van der Waals surface area (Å²) in [5.41, 5.74) is 2.24. The van der Waals surface area contributed by atoms with E-state index in [1.54, 1.807) is 19.3 Å². The number of carbonyl (C=O) groups is 1. The molecule has 128 valence electrons.